The minimum absolute atomic E-state index is 0.103. The van der Waals surface area contributed by atoms with Crippen molar-refractivity contribution in [3.63, 3.8) is 0 Å². The van der Waals surface area contributed by atoms with Crippen LogP contribution in [0.5, 0.6) is 0 Å². The molecule has 0 saturated carbocycles. The summed E-state index contributed by atoms with van der Waals surface area (Å²) in [4.78, 5) is 72.1. The Morgan fingerprint density at radius 3 is 0.756 bits per heavy atom. The molecule has 0 heterocycles. The first-order valence-corrected chi connectivity index (χ1v) is 35.7. The number of hydrogen-bond donors (Lipinski definition) is 3. The molecule has 0 aromatic rings. The van der Waals surface area contributed by atoms with Crippen molar-refractivity contribution in [3.05, 3.63) is 0 Å². The van der Waals surface area contributed by atoms with Crippen molar-refractivity contribution in [1.82, 2.24) is 0 Å². The van der Waals surface area contributed by atoms with Gasteiger partial charge in [0.15, 0.2) is 12.2 Å². The van der Waals surface area contributed by atoms with Gasteiger partial charge in [-0.25, -0.2) is 9.13 Å². The molecule has 0 aromatic heterocycles. The van der Waals surface area contributed by atoms with Crippen LogP contribution < -0.4 is 0 Å². The highest BCUT2D eigenvalue weighted by Crippen LogP contribution is 2.45. The highest BCUT2D eigenvalue weighted by atomic mass is 31.2. The third-order valence-electron chi connectivity index (χ3n) is 14.3. The molecule has 0 aromatic carbocycles. The van der Waals surface area contributed by atoms with Gasteiger partial charge < -0.3 is 33.8 Å². The summed E-state index contributed by atoms with van der Waals surface area (Å²) in [5, 5.41) is 10.5. The van der Waals surface area contributed by atoms with Crippen LogP contribution in [0, 0.1) is 23.7 Å². The van der Waals surface area contributed by atoms with E-state index < -0.39 is 97.5 Å². The van der Waals surface area contributed by atoms with Crippen LogP contribution in [0.1, 0.15) is 299 Å². The zero-order valence-electron chi connectivity index (χ0n) is 53.1. The van der Waals surface area contributed by atoms with Crippen molar-refractivity contribution < 1.29 is 80.2 Å². The van der Waals surface area contributed by atoms with E-state index in [4.69, 9.17) is 37.0 Å². The maximum atomic E-state index is 13.0. The Morgan fingerprint density at radius 2 is 0.512 bits per heavy atom. The maximum Gasteiger partial charge on any atom is 0.472 e. The predicted molar refractivity (Wildman–Crippen MR) is 326 cm³/mol. The Balaban J connectivity index is 5.25. The fourth-order valence-corrected chi connectivity index (χ4v) is 10.8. The minimum Gasteiger partial charge on any atom is -0.462 e. The summed E-state index contributed by atoms with van der Waals surface area (Å²) < 4.78 is 67.9. The maximum absolute atomic E-state index is 13.0. The normalized spacial score (nSPS) is 14.5. The van der Waals surface area contributed by atoms with Crippen LogP contribution in [0.15, 0.2) is 0 Å². The molecule has 82 heavy (non-hydrogen) atoms. The van der Waals surface area contributed by atoms with Gasteiger partial charge in [0, 0.05) is 25.7 Å². The first-order chi connectivity index (χ1) is 39.1. The molecule has 0 aliphatic carbocycles. The number of hydrogen-bond acceptors (Lipinski definition) is 15. The van der Waals surface area contributed by atoms with Crippen LogP contribution in [0.25, 0.3) is 0 Å². The zero-order valence-corrected chi connectivity index (χ0v) is 54.9. The number of unbranched alkanes of at least 4 members (excludes halogenated alkanes) is 26. The van der Waals surface area contributed by atoms with Gasteiger partial charge in [-0.3, -0.25) is 37.3 Å². The number of esters is 4. The summed E-state index contributed by atoms with van der Waals surface area (Å²) in [5.41, 5.74) is 0. The molecule has 0 bridgehead atoms. The third-order valence-corrected chi connectivity index (χ3v) is 16.2. The fourth-order valence-electron chi connectivity index (χ4n) is 9.25. The molecule has 17 nitrogen and oxygen atoms in total. The van der Waals surface area contributed by atoms with Crippen molar-refractivity contribution in [2.75, 3.05) is 39.6 Å². The molecule has 19 heteroatoms. The molecular weight excluding hydrogens is 1090 g/mol. The molecule has 0 rings (SSSR count). The average Bonchev–Trinajstić information content (AvgIpc) is 3.41. The van der Waals surface area contributed by atoms with Gasteiger partial charge >= 0.3 is 39.5 Å². The van der Waals surface area contributed by atoms with E-state index >= 15 is 0 Å². The van der Waals surface area contributed by atoms with Crippen molar-refractivity contribution in [2.24, 2.45) is 23.7 Å². The van der Waals surface area contributed by atoms with Gasteiger partial charge in [-0.2, -0.15) is 0 Å². The molecular formula is C63H122O17P2. The Labute approximate surface area is 498 Å². The van der Waals surface area contributed by atoms with E-state index in [2.05, 4.69) is 55.4 Å². The van der Waals surface area contributed by atoms with Gasteiger partial charge in [0.25, 0.3) is 0 Å². The largest absolute Gasteiger partial charge is 0.472 e. The average molecular weight is 1210 g/mol. The second kappa shape index (κ2) is 53.3. The number of aliphatic hydroxyl groups excluding tert-OH is 1. The Morgan fingerprint density at radius 1 is 0.305 bits per heavy atom. The summed E-state index contributed by atoms with van der Waals surface area (Å²) in [6.45, 7) is 13.9. The third kappa shape index (κ3) is 57.2. The van der Waals surface area contributed by atoms with E-state index in [-0.39, 0.29) is 25.7 Å². The van der Waals surface area contributed by atoms with Crippen LogP contribution in [0.3, 0.4) is 0 Å². The molecule has 486 valence electrons. The zero-order chi connectivity index (χ0) is 61.1. The summed E-state index contributed by atoms with van der Waals surface area (Å²) >= 11 is 0. The number of ether oxygens (including phenoxy) is 4. The Kier molecular flexibility index (Phi) is 52.0. The van der Waals surface area contributed by atoms with Gasteiger partial charge in [0.05, 0.1) is 26.4 Å². The van der Waals surface area contributed by atoms with Crippen LogP contribution in [0.2, 0.25) is 0 Å². The molecule has 5 atom stereocenters. The molecule has 0 amide bonds. The van der Waals surface area contributed by atoms with Crippen LogP contribution in [-0.2, 0) is 65.4 Å². The first-order valence-electron chi connectivity index (χ1n) is 32.7. The van der Waals surface area contributed by atoms with E-state index in [0.717, 1.165) is 114 Å². The van der Waals surface area contributed by atoms with Gasteiger partial charge in [-0.05, 0) is 49.4 Å². The summed E-state index contributed by atoms with van der Waals surface area (Å²) in [6, 6.07) is 0. The van der Waals surface area contributed by atoms with Crippen molar-refractivity contribution >= 4 is 39.5 Å². The summed E-state index contributed by atoms with van der Waals surface area (Å²) in [6.07, 6.45) is 32.4. The van der Waals surface area contributed by atoms with Crippen molar-refractivity contribution in [2.45, 2.75) is 318 Å². The van der Waals surface area contributed by atoms with E-state index in [9.17, 15) is 43.2 Å². The Hall–Kier alpha value is -1.94. The summed E-state index contributed by atoms with van der Waals surface area (Å²) in [7, 11) is -9.89. The smallest absolute Gasteiger partial charge is 0.462 e. The number of phosphoric ester groups is 2. The lowest BCUT2D eigenvalue weighted by atomic mass is 10.0. The van der Waals surface area contributed by atoms with Crippen molar-refractivity contribution in [3.8, 4) is 0 Å². The topological polar surface area (TPSA) is 237 Å². The van der Waals surface area contributed by atoms with Crippen molar-refractivity contribution in [1.29, 1.82) is 0 Å². The second-order valence-electron chi connectivity index (χ2n) is 24.7. The lowest BCUT2D eigenvalue weighted by Gasteiger charge is -2.21. The molecule has 3 N–H and O–H groups in total. The SMILES string of the molecule is CC(C)CCCCCCCCCCC(=O)OC[C@H](COP(=O)(O)OC[C@@H](O)COP(=O)(O)OC[C@@H](COC(=O)CCCCCCCCC(C)C)OC(=O)CCCCCCCCCCC(C)C)OC(=O)CCCCCCCCCCC(C)C. The lowest BCUT2D eigenvalue weighted by molar-refractivity contribution is -0.161. The van der Waals surface area contributed by atoms with Gasteiger partial charge in [0.1, 0.15) is 19.3 Å². The number of aliphatic hydroxyl groups is 1. The van der Waals surface area contributed by atoms with Crippen LogP contribution in [-0.4, -0.2) is 96.7 Å². The van der Waals surface area contributed by atoms with E-state index in [1.54, 1.807) is 0 Å². The molecule has 0 aliphatic heterocycles. The van der Waals surface area contributed by atoms with E-state index in [1.807, 2.05) is 0 Å². The van der Waals surface area contributed by atoms with E-state index in [1.165, 1.54) is 96.3 Å². The van der Waals surface area contributed by atoms with Gasteiger partial charge in [0.2, 0.25) is 0 Å². The molecule has 0 saturated heterocycles. The second-order valence-corrected chi connectivity index (χ2v) is 27.6. The monoisotopic (exact) mass is 1210 g/mol. The van der Waals surface area contributed by atoms with E-state index in [0.29, 0.717) is 31.6 Å². The highest BCUT2D eigenvalue weighted by molar-refractivity contribution is 7.47. The predicted octanol–water partition coefficient (Wildman–Crippen LogP) is 17.0. The van der Waals surface area contributed by atoms with Gasteiger partial charge in [-0.1, -0.05) is 248 Å². The van der Waals surface area contributed by atoms with Crippen LogP contribution >= 0.6 is 15.6 Å². The minimum atomic E-state index is -4.94. The number of rotatable bonds is 60. The molecule has 2 unspecified atom stereocenters. The molecule has 0 spiro atoms. The molecule has 0 radical (unpaired) electrons. The lowest BCUT2D eigenvalue weighted by Crippen LogP contribution is -2.30. The quantitative estimate of drug-likeness (QED) is 0.0222. The van der Waals surface area contributed by atoms with Gasteiger partial charge in [-0.15, -0.1) is 0 Å². The highest BCUT2D eigenvalue weighted by Gasteiger charge is 2.30. The van der Waals surface area contributed by atoms with Crippen LogP contribution in [0.4, 0.5) is 0 Å². The number of carbonyl (C=O) groups is 4. The number of phosphoric acid groups is 2. The number of carbonyl (C=O) groups excluding carboxylic acids is 4. The molecule has 0 fully saturated rings. The standard InChI is InChI=1S/C63H122O17P2/c1-53(2)39-31-23-15-9-12-18-27-35-43-60(65)73-49-58(79-62(67)45-37-29-19-13-10-16-24-32-40-54(3)4)51-77-81(69,70)75-47-57(64)48-76-82(71,72)78-52-59(50-74-61(66)44-36-28-22-21-26-34-42-56(7)8)80-63(68)46-38-30-20-14-11-17-25-33-41-55(5)6/h53-59,64H,9-52H2,1-8H3,(H,69,70)(H,71,72)/t57-,58-,59-/m1/s1. The molecule has 0 aliphatic rings. The Bertz CT molecular complexity index is 1640. The fraction of sp³-hybridized carbons (Fsp3) is 0.937. The first kappa shape index (κ1) is 80.1. The summed E-state index contributed by atoms with van der Waals surface area (Å²) in [5.74, 6) is 0.698.